The van der Waals surface area contributed by atoms with Crippen LogP contribution in [-0.2, 0) is 28.6 Å². The van der Waals surface area contributed by atoms with Crippen LogP contribution in [0.4, 0.5) is 0 Å². The molecule has 0 saturated heterocycles. The number of allylic oxidation sites excluding steroid dienone is 14. The van der Waals surface area contributed by atoms with Gasteiger partial charge in [-0.25, -0.2) is 0 Å². The Morgan fingerprint density at radius 1 is 0.300 bits per heavy atom. The number of ether oxygens (including phenoxy) is 3. The molecule has 0 heterocycles. The topological polar surface area (TPSA) is 78.9 Å². The second-order valence-corrected chi connectivity index (χ2v) is 19.5. The average Bonchev–Trinajstić information content (AvgIpc) is 3.36. The quantitative estimate of drug-likeness (QED) is 0.0261. The van der Waals surface area contributed by atoms with Crippen LogP contribution in [0.1, 0.15) is 284 Å². The van der Waals surface area contributed by atoms with Crippen molar-refractivity contribution in [3.8, 4) is 0 Å². The van der Waals surface area contributed by atoms with Crippen molar-refractivity contribution < 1.29 is 28.6 Å². The third kappa shape index (κ3) is 55.5. The highest BCUT2D eigenvalue weighted by Gasteiger charge is 2.19. The highest BCUT2D eigenvalue weighted by Crippen LogP contribution is 2.16. The Labute approximate surface area is 433 Å². The minimum atomic E-state index is -0.787. The van der Waals surface area contributed by atoms with Crippen LogP contribution in [0, 0.1) is 0 Å². The van der Waals surface area contributed by atoms with Gasteiger partial charge in [-0.3, -0.25) is 14.4 Å². The van der Waals surface area contributed by atoms with Crippen molar-refractivity contribution >= 4 is 17.9 Å². The Bertz CT molecular complexity index is 1350. The van der Waals surface area contributed by atoms with E-state index in [1.807, 2.05) is 0 Å². The van der Waals surface area contributed by atoms with E-state index in [-0.39, 0.29) is 31.1 Å². The fourth-order valence-corrected chi connectivity index (χ4v) is 8.25. The fourth-order valence-electron chi connectivity index (χ4n) is 8.25. The summed E-state index contributed by atoms with van der Waals surface area (Å²) in [6.07, 6.45) is 75.7. The highest BCUT2D eigenvalue weighted by atomic mass is 16.6. The molecule has 0 aromatic rings. The summed E-state index contributed by atoms with van der Waals surface area (Å²) < 4.78 is 16.8. The molecule has 6 heteroatoms. The van der Waals surface area contributed by atoms with E-state index in [0.717, 1.165) is 109 Å². The van der Waals surface area contributed by atoms with Crippen molar-refractivity contribution in [1.82, 2.24) is 0 Å². The first-order valence-electron chi connectivity index (χ1n) is 29.6. The van der Waals surface area contributed by atoms with Gasteiger partial charge in [0.1, 0.15) is 13.2 Å². The maximum Gasteiger partial charge on any atom is 0.306 e. The molecule has 0 aromatic heterocycles. The molecule has 0 spiro atoms. The van der Waals surface area contributed by atoms with Crippen molar-refractivity contribution in [2.75, 3.05) is 13.2 Å². The molecule has 0 amide bonds. The molecule has 0 aliphatic heterocycles. The van der Waals surface area contributed by atoms with E-state index in [1.165, 1.54) is 135 Å². The number of hydrogen-bond acceptors (Lipinski definition) is 6. The van der Waals surface area contributed by atoms with Crippen LogP contribution in [0.5, 0.6) is 0 Å². The van der Waals surface area contributed by atoms with Gasteiger partial charge in [-0.1, -0.05) is 273 Å². The molecular weight excluding hydrogens is 865 g/mol. The zero-order valence-electron chi connectivity index (χ0n) is 46.0. The van der Waals surface area contributed by atoms with Crippen molar-refractivity contribution in [3.05, 3.63) is 85.1 Å². The molecule has 0 radical (unpaired) electrons. The van der Waals surface area contributed by atoms with E-state index in [0.29, 0.717) is 19.3 Å². The van der Waals surface area contributed by atoms with Gasteiger partial charge in [0.05, 0.1) is 0 Å². The zero-order chi connectivity index (χ0) is 50.7. The smallest absolute Gasteiger partial charge is 0.306 e. The zero-order valence-corrected chi connectivity index (χ0v) is 46.0. The molecule has 70 heavy (non-hydrogen) atoms. The standard InChI is InChI=1S/C64H110O6/c1-4-7-10-13-16-19-22-25-27-28-29-30-31-32-33-34-35-36-37-40-42-45-48-51-54-57-63(66)69-60-61(59-68-62(65)56-53-50-47-44-41-38-24-21-18-15-12-9-6-3)70-64(67)58-55-52-49-46-43-39-26-23-20-17-14-11-8-5-2/h7,10,16,19,25,27,29-30,32-33,35-36,40,42,61H,4-6,8-9,11-15,17-18,20-24,26,28,31,34,37-39,41,43-60H2,1-3H3/b10-7-,19-16-,27-25-,30-29-,33-32-,36-35-,42-40-. The van der Waals surface area contributed by atoms with Crippen LogP contribution >= 0.6 is 0 Å². The first-order valence-corrected chi connectivity index (χ1v) is 29.6. The van der Waals surface area contributed by atoms with Gasteiger partial charge in [0.25, 0.3) is 0 Å². The Balaban J connectivity index is 4.38. The summed E-state index contributed by atoms with van der Waals surface area (Å²) in [6.45, 7) is 6.52. The molecule has 0 bridgehead atoms. The van der Waals surface area contributed by atoms with Crippen molar-refractivity contribution in [3.63, 3.8) is 0 Å². The van der Waals surface area contributed by atoms with Crippen LogP contribution < -0.4 is 0 Å². The van der Waals surface area contributed by atoms with Crippen LogP contribution in [0.15, 0.2) is 85.1 Å². The summed E-state index contributed by atoms with van der Waals surface area (Å²) in [5.74, 6) is -0.908. The minimum Gasteiger partial charge on any atom is -0.462 e. The highest BCUT2D eigenvalue weighted by molar-refractivity contribution is 5.71. The Morgan fingerprint density at radius 2 is 0.557 bits per heavy atom. The number of carbonyl (C=O) groups excluding carboxylic acids is 3. The summed E-state index contributed by atoms with van der Waals surface area (Å²) in [7, 11) is 0. The molecule has 0 saturated carbocycles. The number of hydrogen-bond donors (Lipinski definition) is 0. The summed E-state index contributed by atoms with van der Waals surface area (Å²) >= 11 is 0. The lowest BCUT2D eigenvalue weighted by molar-refractivity contribution is -0.167. The predicted molar refractivity (Wildman–Crippen MR) is 302 cm³/mol. The van der Waals surface area contributed by atoms with Crippen molar-refractivity contribution in [1.29, 1.82) is 0 Å². The van der Waals surface area contributed by atoms with Gasteiger partial charge in [0.15, 0.2) is 6.10 Å². The number of esters is 3. The number of carbonyl (C=O) groups is 3. The van der Waals surface area contributed by atoms with E-state index in [2.05, 4.69) is 106 Å². The molecule has 402 valence electrons. The second kappa shape index (κ2) is 58.2. The van der Waals surface area contributed by atoms with Gasteiger partial charge in [-0.15, -0.1) is 0 Å². The predicted octanol–water partition coefficient (Wildman–Crippen LogP) is 19.9. The van der Waals surface area contributed by atoms with Crippen LogP contribution in [0.3, 0.4) is 0 Å². The van der Waals surface area contributed by atoms with Crippen molar-refractivity contribution in [2.45, 2.75) is 290 Å². The summed E-state index contributed by atoms with van der Waals surface area (Å²) in [6, 6.07) is 0. The van der Waals surface area contributed by atoms with Gasteiger partial charge >= 0.3 is 17.9 Å². The molecule has 0 fully saturated rings. The van der Waals surface area contributed by atoms with Gasteiger partial charge < -0.3 is 14.2 Å². The number of rotatable bonds is 53. The van der Waals surface area contributed by atoms with E-state index in [1.54, 1.807) is 0 Å². The first kappa shape index (κ1) is 66.6. The molecule has 0 aliphatic rings. The third-order valence-electron chi connectivity index (χ3n) is 12.7. The largest absolute Gasteiger partial charge is 0.462 e. The van der Waals surface area contributed by atoms with Crippen molar-refractivity contribution in [2.24, 2.45) is 0 Å². The Kier molecular flexibility index (Phi) is 55.3. The molecule has 1 atom stereocenters. The lowest BCUT2D eigenvalue weighted by Crippen LogP contribution is -2.30. The monoisotopic (exact) mass is 975 g/mol. The lowest BCUT2D eigenvalue weighted by Gasteiger charge is -2.18. The van der Waals surface area contributed by atoms with E-state index in [4.69, 9.17) is 14.2 Å². The first-order chi connectivity index (χ1) is 34.5. The van der Waals surface area contributed by atoms with Gasteiger partial charge in [-0.2, -0.15) is 0 Å². The van der Waals surface area contributed by atoms with Gasteiger partial charge in [0, 0.05) is 19.3 Å². The van der Waals surface area contributed by atoms with E-state index < -0.39 is 6.10 Å². The summed E-state index contributed by atoms with van der Waals surface area (Å²) in [5.41, 5.74) is 0. The average molecular weight is 976 g/mol. The number of unbranched alkanes of at least 4 members (excludes halogenated alkanes) is 28. The van der Waals surface area contributed by atoms with Gasteiger partial charge in [0.2, 0.25) is 0 Å². The van der Waals surface area contributed by atoms with Crippen LogP contribution in [-0.4, -0.2) is 37.2 Å². The van der Waals surface area contributed by atoms with E-state index >= 15 is 0 Å². The second-order valence-electron chi connectivity index (χ2n) is 19.5. The fraction of sp³-hybridized carbons (Fsp3) is 0.734. The SMILES string of the molecule is CC/C=C\C/C=C\C/C=C\C/C=C\C/C=C\C/C=C\C/C=C\CCCCCC(=O)OCC(COC(=O)CCCCCCCCCCCCCCC)OC(=O)CCCCCCCCCCCCCCCC. The normalized spacial score (nSPS) is 12.7. The molecule has 0 aliphatic carbocycles. The van der Waals surface area contributed by atoms with E-state index in [9.17, 15) is 14.4 Å². The maximum atomic E-state index is 12.8. The van der Waals surface area contributed by atoms with Crippen LogP contribution in [0.2, 0.25) is 0 Å². The Morgan fingerprint density at radius 3 is 0.871 bits per heavy atom. The lowest BCUT2D eigenvalue weighted by atomic mass is 10.0. The molecule has 6 nitrogen and oxygen atoms in total. The molecule has 0 N–H and O–H groups in total. The molecule has 0 rings (SSSR count). The molecule has 0 aromatic carbocycles. The Hall–Kier alpha value is -3.41. The maximum absolute atomic E-state index is 12.8. The summed E-state index contributed by atoms with van der Waals surface area (Å²) in [5, 5.41) is 0. The van der Waals surface area contributed by atoms with Crippen LogP contribution in [0.25, 0.3) is 0 Å². The summed E-state index contributed by atoms with van der Waals surface area (Å²) in [4.78, 5) is 38.1. The third-order valence-corrected chi connectivity index (χ3v) is 12.7. The molecule has 1 unspecified atom stereocenters. The van der Waals surface area contributed by atoms with Gasteiger partial charge in [-0.05, 0) is 77.0 Å². The minimum absolute atomic E-state index is 0.0834. The molecular formula is C64H110O6.